The van der Waals surface area contributed by atoms with Crippen molar-refractivity contribution in [1.29, 1.82) is 0 Å². The van der Waals surface area contributed by atoms with Gasteiger partial charge in [-0.2, -0.15) is 0 Å². The topological polar surface area (TPSA) is 73.9 Å². The van der Waals surface area contributed by atoms with E-state index in [4.69, 9.17) is 13.9 Å². The molecule has 0 saturated carbocycles. The predicted molar refractivity (Wildman–Crippen MR) is 125 cm³/mol. The maximum atomic E-state index is 12.6. The third-order valence-electron chi connectivity index (χ3n) is 4.70. The lowest BCUT2D eigenvalue weighted by Gasteiger charge is -2.36. The molecule has 0 spiro atoms. The monoisotopic (exact) mass is 499 g/mol. The Bertz CT molecular complexity index is 781. The summed E-state index contributed by atoms with van der Waals surface area (Å²) >= 11 is 3.54. The molecular formula is C22H34BrNO5Si. The number of nitrogens with one attached hydrogen (secondary N) is 1. The molecule has 1 N–H and O–H groups in total. The molecule has 0 radical (unpaired) electrons. The number of benzene rings is 1. The summed E-state index contributed by atoms with van der Waals surface area (Å²) in [5.74, 6) is 0.0894. The molecule has 0 aliphatic heterocycles. The molecule has 1 aromatic carbocycles. The van der Waals surface area contributed by atoms with Gasteiger partial charge in [-0.1, -0.05) is 39.5 Å². The third kappa shape index (κ3) is 7.79. The zero-order valence-electron chi connectivity index (χ0n) is 19.2. The minimum Gasteiger partial charge on any atom is -0.543 e. The maximum Gasteiger partial charge on any atom is 0.408 e. The summed E-state index contributed by atoms with van der Waals surface area (Å²) in [7, 11) is -2.04. The number of carbonyl (C=O) groups excluding carboxylic acids is 2. The lowest BCUT2D eigenvalue weighted by atomic mass is 10.1. The van der Waals surface area contributed by atoms with Gasteiger partial charge >= 0.3 is 12.1 Å². The lowest BCUT2D eigenvalue weighted by molar-refractivity contribution is -0.145. The van der Waals surface area contributed by atoms with Crippen molar-refractivity contribution in [2.45, 2.75) is 71.3 Å². The van der Waals surface area contributed by atoms with E-state index < -0.39 is 32.0 Å². The van der Waals surface area contributed by atoms with Gasteiger partial charge < -0.3 is 19.2 Å². The molecule has 6 nitrogen and oxygen atoms in total. The standard InChI is InChI=1S/C22H34BrNO5Si/c1-10-13-27-19(25)18(24-20(26)28-21(2,3)4)15-11-12-17(16(23)14-15)29-30(8,9)22(5,6)7/h10-12,14,18H,1,13H2,2-9H3,(H,24,26)/t18-/m0/s1. The third-order valence-corrected chi connectivity index (χ3v) is 9.66. The van der Waals surface area contributed by atoms with Gasteiger partial charge in [0.2, 0.25) is 0 Å². The second-order valence-electron chi connectivity index (χ2n) is 9.55. The molecule has 0 heterocycles. The first kappa shape index (κ1) is 26.2. The highest BCUT2D eigenvalue weighted by Crippen LogP contribution is 2.39. The van der Waals surface area contributed by atoms with Gasteiger partial charge in [0.1, 0.15) is 18.0 Å². The molecule has 0 unspecified atom stereocenters. The first-order valence-electron chi connectivity index (χ1n) is 9.83. The van der Waals surface area contributed by atoms with Crippen LogP contribution >= 0.6 is 15.9 Å². The number of alkyl carbamates (subject to hydrolysis) is 1. The molecule has 0 saturated heterocycles. The molecule has 1 amide bonds. The van der Waals surface area contributed by atoms with Gasteiger partial charge in [0, 0.05) is 0 Å². The second kappa shape index (κ2) is 10.0. The molecule has 1 atom stereocenters. The molecule has 0 aliphatic carbocycles. The van der Waals surface area contributed by atoms with Crippen LogP contribution < -0.4 is 9.74 Å². The Morgan fingerprint density at radius 1 is 1.20 bits per heavy atom. The van der Waals surface area contributed by atoms with Crippen molar-refractivity contribution in [2.24, 2.45) is 0 Å². The van der Waals surface area contributed by atoms with Crippen LogP contribution in [-0.4, -0.2) is 32.6 Å². The molecular weight excluding hydrogens is 466 g/mol. The fraction of sp³-hybridized carbons (Fsp3) is 0.545. The van der Waals surface area contributed by atoms with E-state index in [9.17, 15) is 9.59 Å². The number of hydrogen-bond donors (Lipinski definition) is 1. The van der Waals surface area contributed by atoms with Crippen molar-refractivity contribution >= 4 is 36.3 Å². The Morgan fingerprint density at radius 3 is 2.27 bits per heavy atom. The summed E-state index contributed by atoms with van der Waals surface area (Å²) in [5, 5.41) is 2.64. The van der Waals surface area contributed by atoms with E-state index >= 15 is 0 Å². The molecule has 1 rings (SSSR count). The molecule has 168 valence electrons. The van der Waals surface area contributed by atoms with Crippen molar-refractivity contribution in [2.75, 3.05) is 6.61 Å². The van der Waals surface area contributed by atoms with Crippen molar-refractivity contribution in [3.63, 3.8) is 0 Å². The van der Waals surface area contributed by atoms with Crippen LogP contribution in [0.4, 0.5) is 4.79 Å². The van der Waals surface area contributed by atoms with Crippen molar-refractivity contribution in [3.05, 3.63) is 40.9 Å². The Labute approximate surface area is 189 Å². The van der Waals surface area contributed by atoms with E-state index in [0.29, 0.717) is 15.8 Å². The van der Waals surface area contributed by atoms with E-state index in [1.54, 1.807) is 39.0 Å². The molecule has 0 aromatic heterocycles. The van der Waals surface area contributed by atoms with Gasteiger partial charge in [-0.25, -0.2) is 9.59 Å². The molecule has 0 fully saturated rings. The Hall–Kier alpha value is -1.80. The van der Waals surface area contributed by atoms with Crippen molar-refractivity contribution in [3.8, 4) is 5.75 Å². The SMILES string of the molecule is C=CCOC(=O)[C@@H](NC(=O)OC(C)(C)C)c1ccc(O[Si](C)(C)C(C)(C)C)c(Br)c1. The number of amides is 1. The van der Waals surface area contributed by atoms with Crippen LogP contribution in [0.2, 0.25) is 18.1 Å². The minimum absolute atomic E-state index is 0.0407. The Morgan fingerprint density at radius 2 is 1.80 bits per heavy atom. The summed E-state index contributed by atoms with van der Waals surface area (Å²) in [6, 6.07) is 4.26. The lowest BCUT2D eigenvalue weighted by Crippen LogP contribution is -2.44. The van der Waals surface area contributed by atoms with Gasteiger partial charge in [0.15, 0.2) is 6.04 Å². The summed E-state index contributed by atoms with van der Waals surface area (Å²) < 4.78 is 17.5. The van der Waals surface area contributed by atoms with Crippen LogP contribution in [0.25, 0.3) is 0 Å². The predicted octanol–water partition coefficient (Wildman–Crippen LogP) is 6.13. The number of ether oxygens (including phenoxy) is 2. The second-order valence-corrected chi connectivity index (χ2v) is 15.1. The average molecular weight is 501 g/mol. The van der Waals surface area contributed by atoms with Gasteiger partial charge in [-0.15, -0.1) is 0 Å². The van der Waals surface area contributed by atoms with Crippen LogP contribution in [0.3, 0.4) is 0 Å². The molecule has 1 aromatic rings. The van der Waals surface area contributed by atoms with Gasteiger partial charge in [0.05, 0.1) is 4.47 Å². The van der Waals surface area contributed by atoms with E-state index in [-0.39, 0.29) is 11.6 Å². The number of rotatable bonds is 7. The summed E-state index contributed by atoms with van der Waals surface area (Å²) in [4.78, 5) is 24.9. The maximum absolute atomic E-state index is 12.6. The minimum atomic E-state index is -2.04. The number of carbonyl (C=O) groups is 2. The van der Waals surface area contributed by atoms with E-state index in [0.717, 1.165) is 0 Å². The highest BCUT2D eigenvalue weighted by molar-refractivity contribution is 9.10. The van der Waals surface area contributed by atoms with Gasteiger partial charge in [0.25, 0.3) is 8.32 Å². The van der Waals surface area contributed by atoms with E-state index in [1.165, 1.54) is 6.08 Å². The highest BCUT2D eigenvalue weighted by Gasteiger charge is 2.39. The zero-order valence-corrected chi connectivity index (χ0v) is 21.8. The molecule has 30 heavy (non-hydrogen) atoms. The van der Waals surface area contributed by atoms with Crippen LogP contribution in [0.15, 0.2) is 35.3 Å². The quantitative estimate of drug-likeness (QED) is 0.277. The fourth-order valence-electron chi connectivity index (χ4n) is 2.14. The van der Waals surface area contributed by atoms with Crippen LogP contribution in [-0.2, 0) is 14.3 Å². The summed E-state index contributed by atoms with van der Waals surface area (Å²) in [6.07, 6.45) is 0.759. The highest BCUT2D eigenvalue weighted by atomic mass is 79.9. The number of halogens is 1. The summed E-state index contributed by atoms with van der Waals surface area (Å²) in [5.41, 5.74) is -0.148. The Kier molecular flexibility index (Phi) is 8.75. The van der Waals surface area contributed by atoms with Gasteiger partial charge in [-0.3, -0.25) is 0 Å². The normalized spacial score (nSPS) is 13.2. The van der Waals surface area contributed by atoms with Crippen LogP contribution in [0.1, 0.15) is 53.1 Å². The van der Waals surface area contributed by atoms with E-state index in [2.05, 4.69) is 61.7 Å². The number of hydrogen-bond acceptors (Lipinski definition) is 5. The number of esters is 1. The summed E-state index contributed by atoms with van der Waals surface area (Å²) in [6.45, 7) is 19.7. The molecule has 0 bridgehead atoms. The largest absolute Gasteiger partial charge is 0.543 e. The molecule has 8 heteroatoms. The van der Waals surface area contributed by atoms with E-state index in [1.807, 2.05) is 0 Å². The smallest absolute Gasteiger partial charge is 0.408 e. The first-order valence-corrected chi connectivity index (χ1v) is 13.5. The van der Waals surface area contributed by atoms with Crippen LogP contribution in [0, 0.1) is 0 Å². The Balaban J connectivity index is 3.18. The van der Waals surface area contributed by atoms with Crippen molar-refractivity contribution < 1.29 is 23.5 Å². The fourth-order valence-corrected chi connectivity index (χ4v) is 3.80. The average Bonchev–Trinajstić information content (AvgIpc) is 2.56. The zero-order chi connectivity index (χ0) is 23.3. The first-order chi connectivity index (χ1) is 13.6. The van der Waals surface area contributed by atoms with Crippen molar-refractivity contribution in [1.82, 2.24) is 5.32 Å². The van der Waals surface area contributed by atoms with Crippen LogP contribution in [0.5, 0.6) is 5.75 Å². The van der Waals surface area contributed by atoms with Gasteiger partial charge in [-0.05, 0) is 72.5 Å². The molecule has 0 aliphatic rings.